The fourth-order valence-electron chi connectivity index (χ4n) is 2.22. The largest absolute Gasteiger partial charge is 0.333 e. The van der Waals surface area contributed by atoms with Crippen LogP contribution in [0.25, 0.3) is 0 Å². The fraction of sp³-hybridized carbons (Fsp3) is 0.400. The van der Waals surface area contributed by atoms with Gasteiger partial charge >= 0.3 is 0 Å². The Bertz CT molecular complexity index is 546. The predicted molar refractivity (Wildman–Crippen MR) is 74.1 cm³/mol. The minimum atomic E-state index is -0.521. The normalized spacial score (nSPS) is 12.6. The number of nitrogens with zero attached hydrogens (tertiary/aromatic N) is 2. The number of aromatic nitrogens is 2. The van der Waals surface area contributed by atoms with Gasteiger partial charge in [-0.3, -0.25) is 0 Å². The lowest BCUT2D eigenvalue weighted by molar-refractivity contribution is 0.479. The molecule has 0 aliphatic carbocycles. The van der Waals surface area contributed by atoms with Gasteiger partial charge in [-0.1, -0.05) is 13.0 Å². The molecule has 1 unspecified atom stereocenters. The van der Waals surface area contributed by atoms with Crippen LogP contribution in [0.2, 0.25) is 0 Å². The first-order chi connectivity index (χ1) is 9.63. The second-order valence-electron chi connectivity index (χ2n) is 4.82. The van der Waals surface area contributed by atoms with E-state index in [9.17, 15) is 8.78 Å². The van der Waals surface area contributed by atoms with Crippen LogP contribution < -0.4 is 5.32 Å². The number of halogens is 2. The van der Waals surface area contributed by atoms with Gasteiger partial charge < -0.3 is 9.88 Å². The summed E-state index contributed by atoms with van der Waals surface area (Å²) in [5, 5.41) is 3.14. The summed E-state index contributed by atoms with van der Waals surface area (Å²) in [4.78, 5) is 4.10. The van der Waals surface area contributed by atoms with E-state index in [4.69, 9.17) is 0 Å². The van der Waals surface area contributed by atoms with Crippen LogP contribution in [0.15, 0.2) is 30.7 Å². The van der Waals surface area contributed by atoms with Gasteiger partial charge in [0.05, 0.1) is 12.0 Å². The molecule has 2 aromatic rings. The molecular formula is C15H19F2N3. The lowest BCUT2D eigenvalue weighted by Crippen LogP contribution is -2.22. The molecule has 3 nitrogen and oxygen atoms in total. The Hall–Kier alpha value is -1.75. The first-order valence-electron chi connectivity index (χ1n) is 6.79. The minimum absolute atomic E-state index is 0.0778. The standard InChI is InChI=1S/C15H19F2N3/c1-3-7-20-10-18-8-12(20)9-19-11(2)15-13(16)5-4-6-14(15)17/h4-6,8,10-11,19H,3,7,9H2,1-2H3. The van der Waals surface area contributed by atoms with Crippen LogP contribution in [0.1, 0.15) is 37.6 Å². The molecule has 0 aliphatic rings. The number of aryl methyl sites for hydroxylation is 1. The van der Waals surface area contributed by atoms with E-state index in [1.807, 2.05) is 4.57 Å². The minimum Gasteiger partial charge on any atom is -0.333 e. The summed E-state index contributed by atoms with van der Waals surface area (Å²) in [6.07, 6.45) is 4.56. The van der Waals surface area contributed by atoms with Crippen molar-refractivity contribution in [3.8, 4) is 0 Å². The molecule has 1 N–H and O–H groups in total. The van der Waals surface area contributed by atoms with Crippen LogP contribution in [-0.4, -0.2) is 9.55 Å². The van der Waals surface area contributed by atoms with E-state index in [-0.39, 0.29) is 5.56 Å². The van der Waals surface area contributed by atoms with E-state index in [0.29, 0.717) is 6.54 Å². The van der Waals surface area contributed by atoms with Crippen molar-refractivity contribution in [3.63, 3.8) is 0 Å². The Labute approximate surface area is 117 Å². The molecule has 0 radical (unpaired) electrons. The van der Waals surface area contributed by atoms with E-state index < -0.39 is 17.7 Å². The predicted octanol–water partition coefficient (Wildman–Crippen LogP) is 3.42. The van der Waals surface area contributed by atoms with Crippen molar-refractivity contribution in [2.75, 3.05) is 0 Å². The average molecular weight is 279 g/mol. The van der Waals surface area contributed by atoms with Crippen molar-refractivity contribution in [1.29, 1.82) is 0 Å². The molecular weight excluding hydrogens is 260 g/mol. The maximum absolute atomic E-state index is 13.7. The highest BCUT2D eigenvalue weighted by atomic mass is 19.1. The number of hydrogen-bond donors (Lipinski definition) is 1. The highest BCUT2D eigenvalue weighted by Crippen LogP contribution is 2.20. The molecule has 1 heterocycles. The van der Waals surface area contributed by atoms with Gasteiger partial charge in [0.15, 0.2) is 0 Å². The SMILES string of the molecule is CCCn1cncc1CNC(C)c1c(F)cccc1F. The summed E-state index contributed by atoms with van der Waals surface area (Å²) in [6.45, 7) is 5.25. The molecule has 0 saturated heterocycles. The first kappa shape index (κ1) is 14.7. The summed E-state index contributed by atoms with van der Waals surface area (Å²) < 4.78 is 29.4. The van der Waals surface area contributed by atoms with Crippen molar-refractivity contribution in [2.24, 2.45) is 0 Å². The third kappa shape index (κ3) is 3.22. The maximum Gasteiger partial charge on any atom is 0.130 e. The summed E-state index contributed by atoms with van der Waals surface area (Å²) in [5.41, 5.74) is 1.09. The molecule has 2 rings (SSSR count). The number of imidazole rings is 1. The van der Waals surface area contributed by atoms with Crippen LogP contribution in [0, 0.1) is 11.6 Å². The second kappa shape index (κ2) is 6.61. The van der Waals surface area contributed by atoms with E-state index >= 15 is 0 Å². The topological polar surface area (TPSA) is 29.9 Å². The molecule has 0 amide bonds. The van der Waals surface area contributed by atoms with Crippen molar-refractivity contribution in [3.05, 3.63) is 53.6 Å². The maximum atomic E-state index is 13.7. The molecule has 0 saturated carbocycles. The van der Waals surface area contributed by atoms with Gasteiger partial charge in [0.2, 0.25) is 0 Å². The molecule has 0 bridgehead atoms. The average Bonchev–Trinajstić information content (AvgIpc) is 2.84. The van der Waals surface area contributed by atoms with Crippen LogP contribution in [0.4, 0.5) is 8.78 Å². The van der Waals surface area contributed by atoms with Gasteiger partial charge in [0.25, 0.3) is 0 Å². The number of nitrogens with one attached hydrogen (secondary N) is 1. The molecule has 20 heavy (non-hydrogen) atoms. The molecule has 1 aromatic heterocycles. The zero-order valence-electron chi connectivity index (χ0n) is 11.7. The van der Waals surface area contributed by atoms with Gasteiger partial charge in [0, 0.05) is 30.9 Å². The Morgan fingerprint density at radius 3 is 2.65 bits per heavy atom. The summed E-state index contributed by atoms with van der Waals surface area (Å²) in [5.74, 6) is -1.04. The number of rotatable bonds is 6. The molecule has 0 aliphatic heterocycles. The molecule has 5 heteroatoms. The molecule has 1 aromatic carbocycles. The lowest BCUT2D eigenvalue weighted by Gasteiger charge is -2.16. The number of benzene rings is 1. The van der Waals surface area contributed by atoms with Gasteiger partial charge in [-0.2, -0.15) is 0 Å². The monoisotopic (exact) mass is 279 g/mol. The zero-order chi connectivity index (χ0) is 14.5. The van der Waals surface area contributed by atoms with E-state index in [2.05, 4.69) is 17.2 Å². The smallest absolute Gasteiger partial charge is 0.130 e. The van der Waals surface area contributed by atoms with Crippen LogP contribution in [0.3, 0.4) is 0 Å². The summed E-state index contributed by atoms with van der Waals surface area (Å²) in [7, 11) is 0. The highest BCUT2D eigenvalue weighted by molar-refractivity contribution is 5.22. The summed E-state index contributed by atoms with van der Waals surface area (Å²) in [6, 6.07) is 3.52. The van der Waals surface area contributed by atoms with Crippen LogP contribution in [0.5, 0.6) is 0 Å². The fourth-order valence-corrected chi connectivity index (χ4v) is 2.22. The van der Waals surface area contributed by atoms with Gasteiger partial charge in [0.1, 0.15) is 11.6 Å². The van der Waals surface area contributed by atoms with Gasteiger partial charge in [-0.05, 0) is 25.5 Å². The third-order valence-electron chi connectivity index (χ3n) is 3.29. The van der Waals surface area contributed by atoms with Crippen LogP contribution in [-0.2, 0) is 13.1 Å². The van der Waals surface area contributed by atoms with Crippen molar-refractivity contribution in [1.82, 2.24) is 14.9 Å². The Morgan fingerprint density at radius 2 is 2.00 bits per heavy atom. The summed E-state index contributed by atoms with van der Waals surface area (Å²) >= 11 is 0. The zero-order valence-corrected chi connectivity index (χ0v) is 11.7. The van der Waals surface area contributed by atoms with Crippen molar-refractivity contribution in [2.45, 2.75) is 39.4 Å². The van der Waals surface area contributed by atoms with Gasteiger partial charge in [-0.25, -0.2) is 13.8 Å². The molecule has 108 valence electrons. The lowest BCUT2D eigenvalue weighted by atomic mass is 10.1. The Kier molecular flexibility index (Phi) is 4.84. The van der Waals surface area contributed by atoms with Gasteiger partial charge in [-0.15, -0.1) is 0 Å². The third-order valence-corrected chi connectivity index (χ3v) is 3.29. The molecule has 1 atom stereocenters. The van der Waals surface area contributed by atoms with E-state index in [1.54, 1.807) is 19.4 Å². The first-order valence-corrected chi connectivity index (χ1v) is 6.79. The highest BCUT2D eigenvalue weighted by Gasteiger charge is 2.15. The van der Waals surface area contributed by atoms with E-state index in [1.165, 1.54) is 18.2 Å². The van der Waals surface area contributed by atoms with E-state index in [0.717, 1.165) is 18.7 Å². The van der Waals surface area contributed by atoms with Crippen molar-refractivity contribution >= 4 is 0 Å². The molecule has 0 spiro atoms. The molecule has 0 fully saturated rings. The Balaban J connectivity index is 2.05. The van der Waals surface area contributed by atoms with Crippen LogP contribution >= 0.6 is 0 Å². The quantitative estimate of drug-likeness (QED) is 0.878. The number of hydrogen-bond acceptors (Lipinski definition) is 2. The second-order valence-corrected chi connectivity index (χ2v) is 4.82. The Morgan fingerprint density at radius 1 is 1.30 bits per heavy atom. The van der Waals surface area contributed by atoms with Crippen molar-refractivity contribution < 1.29 is 8.78 Å².